The van der Waals surface area contributed by atoms with Gasteiger partial charge in [-0.2, -0.15) is 0 Å². The minimum Gasteiger partial charge on any atom is -0.355 e. The number of carbonyl (C=O) groups excluding carboxylic acids is 2. The summed E-state index contributed by atoms with van der Waals surface area (Å²) in [4.78, 5) is 25.9. The van der Waals surface area contributed by atoms with Crippen molar-refractivity contribution in [1.82, 2.24) is 10.2 Å². The van der Waals surface area contributed by atoms with Crippen molar-refractivity contribution in [2.24, 2.45) is 0 Å². The van der Waals surface area contributed by atoms with Crippen molar-refractivity contribution >= 4 is 17.6 Å². The lowest BCUT2D eigenvalue weighted by molar-refractivity contribution is 0.0963. The van der Waals surface area contributed by atoms with Crippen LogP contribution in [0.3, 0.4) is 0 Å². The van der Waals surface area contributed by atoms with Crippen LogP contribution in [0.2, 0.25) is 0 Å². The van der Waals surface area contributed by atoms with Crippen LogP contribution >= 0.6 is 0 Å². The molecule has 118 valence electrons. The van der Waals surface area contributed by atoms with E-state index in [0.717, 1.165) is 6.42 Å². The molecule has 1 aliphatic rings. The molecule has 0 saturated carbocycles. The predicted molar refractivity (Wildman–Crippen MR) is 89.4 cm³/mol. The van der Waals surface area contributed by atoms with Crippen molar-refractivity contribution in [3.63, 3.8) is 0 Å². The van der Waals surface area contributed by atoms with E-state index in [1.54, 1.807) is 36.2 Å². The number of anilines is 1. The highest BCUT2D eigenvalue weighted by Crippen LogP contribution is 2.19. The number of hydrogen-bond acceptors (Lipinski definition) is 2. The molecule has 0 radical (unpaired) electrons. The van der Waals surface area contributed by atoms with Crippen LogP contribution in [-0.4, -0.2) is 30.4 Å². The Hall–Kier alpha value is -2.82. The zero-order chi connectivity index (χ0) is 16.2. The summed E-state index contributed by atoms with van der Waals surface area (Å²) in [6.07, 6.45) is 0.863. The normalized spacial score (nSPS) is 13.2. The van der Waals surface area contributed by atoms with Crippen LogP contribution in [0.25, 0.3) is 0 Å². The Balaban J connectivity index is 1.69. The van der Waals surface area contributed by atoms with Gasteiger partial charge in [0.15, 0.2) is 0 Å². The fourth-order valence-corrected chi connectivity index (χ4v) is 2.75. The molecule has 0 aliphatic carbocycles. The molecular formula is C18H19N3O2. The fourth-order valence-electron chi connectivity index (χ4n) is 2.75. The molecule has 0 atom stereocenters. The van der Waals surface area contributed by atoms with Gasteiger partial charge in [0.1, 0.15) is 0 Å². The molecule has 2 aromatic rings. The van der Waals surface area contributed by atoms with E-state index in [4.69, 9.17) is 0 Å². The van der Waals surface area contributed by atoms with Crippen LogP contribution in [-0.2, 0) is 13.0 Å². The lowest BCUT2D eigenvalue weighted by Gasteiger charge is -2.29. The van der Waals surface area contributed by atoms with Gasteiger partial charge in [-0.15, -0.1) is 0 Å². The van der Waals surface area contributed by atoms with Crippen LogP contribution in [0, 0.1) is 0 Å². The molecule has 3 rings (SSSR count). The first kappa shape index (κ1) is 15.1. The summed E-state index contributed by atoms with van der Waals surface area (Å²) in [5.74, 6) is -0.173. The maximum Gasteiger partial charge on any atom is 0.322 e. The molecule has 5 nitrogen and oxygen atoms in total. The van der Waals surface area contributed by atoms with E-state index in [9.17, 15) is 9.59 Å². The topological polar surface area (TPSA) is 61.4 Å². The first-order valence-electron chi connectivity index (χ1n) is 7.62. The zero-order valence-corrected chi connectivity index (χ0v) is 13.0. The molecule has 2 aromatic carbocycles. The van der Waals surface area contributed by atoms with Crippen molar-refractivity contribution in [3.05, 3.63) is 65.2 Å². The van der Waals surface area contributed by atoms with E-state index in [1.807, 2.05) is 12.1 Å². The van der Waals surface area contributed by atoms with Crippen LogP contribution in [0.5, 0.6) is 0 Å². The Morgan fingerprint density at radius 1 is 1.04 bits per heavy atom. The van der Waals surface area contributed by atoms with Gasteiger partial charge in [-0.1, -0.05) is 30.3 Å². The van der Waals surface area contributed by atoms with Crippen molar-refractivity contribution in [2.75, 3.05) is 18.9 Å². The first-order chi connectivity index (χ1) is 11.2. The Bertz CT molecular complexity index is 743. The molecule has 1 heterocycles. The summed E-state index contributed by atoms with van der Waals surface area (Å²) in [6, 6.07) is 15.0. The summed E-state index contributed by atoms with van der Waals surface area (Å²) in [5.41, 5.74) is 3.63. The van der Waals surface area contributed by atoms with Crippen molar-refractivity contribution in [3.8, 4) is 0 Å². The van der Waals surface area contributed by atoms with Gasteiger partial charge in [-0.05, 0) is 35.7 Å². The second-order valence-electron chi connectivity index (χ2n) is 5.53. The third-order valence-electron chi connectivity index (χ3n) is 4.02. The summed E-state index contributed by atoms with van der Waals surface area (Å²) in [6.45, 7) is 1.30. The fraction of sp³-hybridized carbons (Fsp3) is 0.222. The number of nitrogens with zero attached hydrogens (tertiary/aromatic N) is 1. The van der Waals surface area contributed by atoms with E-state index >= 15 is 0 Å². The van der Waals surface area contributed by atoms with Gasteiger partial charge in [-0.25, -0.2) is 4.79 Å². The molecule has 0 aromatic heterocycles. The van der Waals surface area contributed by atoms with E-state index in [0.29, 0.717) is 24.3 Å². The average molecular weight is 309 g/mol. The molecule has 0 unspecified atom stereocenters. The third-order valence-corrected chi connectivity index (χ3v) is 4.02. The molecule has 1 aliphatic heterocycles. The molecule has 5 heteroatoms. The number of nitrogens with one attached hydrogen (secondary N) is 2. The highest BCUT2D eigenvalue weighted by Gasteiger charge is 2.20. The van der Waals surface area contributed by atoms with Crippen molar-refractivity contribution < 1.29 is 9.59 Å². The molecule has 0 bridgehead atoms. The Morgan fingerprint density at radius 3 is 2.61 bits per heavy atom. The summed E-state index contributed by atoms with van der Waals surface area (Å²) in [7, 11) is 1.58. The molecule has 2 N–H and O–H groups in total. The number of amides is 3. The average Bonchev–Trinajstić information content (AvgIpc) is 2.60. The van der Waals surface area contributed by atoms with Gasteiger partial charge in [0.25, 0.3) is 5.91 Å². The third kappa shape index (κ3) is 3.34. The standard InChI is InChI=1S/C18H19N3O2/c1-19-17(22)14-7-4-8-16(11-14)20-18(23)21-10-9-13-5-2-3-6-15(13)12-21/h2-8,11H,9-10,12H2,1H3,(H,19,22)(H,20,23). The number of carbonyl (C=O) groups is 2. The van der Waals surface area contributed by atoms with Gasteiger partial charge >= 0.3 is 6.03 Å². The number of fused-ring (bicyclic) bond motifs is 1. The molecule has 23 heavy (non-hydrogen) atoms. The minimum absolute atomic E-state index is 0.145. The number of urea groups is 1. The first-order valence-corrected chi connectivity index (χ1v) is 7.62. The Labute approximate surface area is 135 Å². The van der Waals surface area contributed by atoms with Crippen LogP contribution in [0.15, 0.2) is 48.5 Å². The van der Waals surface area contributed by atoms with Gasteiger partial charge in [0.05, 0.1) is 0 Å². The largest absolute Gasteiger partial charge is 0.355 e. The zero-order valence-electron chi connectivity index (χ0n) is 13.0. The maximum absolute atomic E-state index is 12.4. The van der Waals surface area contributed by atoms with Gasteiger partial charge in [0.2, 0.25) is 0 Å². The number of rotatable bonds is 2. The van der Waals surface area contributed by atoms with E-state index in [2.05, 4.69) is 22.8 Å². The molecule has 0 fully saturated rings. The van der Waals surface area contributed by atoms with Gasteiger partial charge < -0.3 is 15.5 Å². The highest BCUT2D eigenvalue weighted by atomic mass is 16.2. The number of benzene rings is 2. The SMILES string of the molecule is CNC(=O)c1cccc(NC(=O)N2CCc3ccccc3C2)c1. The lowest BCUT2D eigenvalue weighted by atomic mass is 10.0. The van der Waals surface area contributed by atoms with E-state index in [1.165, 1.54) is 11.1 Å². The summed E-state index contributed by atoms with van der Waals surface area (Å²) >= 11 is 0. The van der Waals surface area contributed by atoms with E-state index < -0.39 is 0 Å². The molecule has 0 saturated heterocycles. The van der Waals surface area contributed by atoms with E-state index in [-0.39, 0.29) is 11.9 Å². The van der Waals surface area contributed by atoms with Gasteiger partial charge in [-0.3, -0.25) is 4.79 Å². The molecule has 0 spiro atoms. The monoisotopic (exact) mass is 309 g/mol. The predicted octanol–water partition coefficient (Wildman–Crippen LogP) is 2.64. The smallest absolute Gasteiger partial charge is 0.322 e. The van der Waals surface area contributed by atoms with Crippen LogP contribution < -0.4 is 10.6 Å². The number of hydrogen-bond donors (Lipinski definition) is 2. The minimum atomic E-state index is -0.173. The van der Waals surface area contributed by atoms with Crippen LogP contribution in [0.4, 0.5) is 10.5 Å². The van der Waals surface area contributed by atoms with Crippen LogP contribution in [0.1, 0.15) is 21.5 Å². The molecular weight excluding hydrogens is 290 g/mol. The second kappa shape index (κ2) is 6.52. The highest BCUT2D eigenvalue weighted by molar-refractivity contribution is 5.96. The van der Waals surface area contributed by atoms with Crippen molar-refractivity contribution in [1.29, 1.82) is 0 Å². The Morgan fingerprint density at radius 2 is 1.83 bits per heavy atom. The quantitative estimate of drug-likeness (QED) is 0.896. The summed E-state index contributed by atoms with van der Waals surface area (Å²) < 4.78 is 0. The maximum atomic E-state index is 12.4. The van der Waals surface area contributed by atoms with Gasteiger partial charge in [0, 0.05) is 31.4 Å². The summed E-state index contributed by atoms with van der Waals surface area (Å²) in [5, 5.41) is 5.44. The molecule has 3 amide bonds. The second-order valence-corrected chi connectivity index (χ2v) is 5.53. The van der Waals surface area contributed by atoms with Crippen molar-refractivity contribution in [2.45, 2.75) is 13.0 Å². The lowest BCUT2D eigenvalue weighted by Crippen LogP contribution is -2.38. The Kier molecular flexibility index (Phi) is 4.28.